The first-order valence-electron chi connectivity index (χ1n) is 6.88. The SMILES string of the molecule is COc1ccnc(-c2ccc(C)c3cccnc23)c1C(F)(F)F. The van der Waals surface area contributed by atoms with Crippen LogP contribution in [0.5, 0.6) is 5.75 Å². The van der Waals surface area contributed by atoms with Gasteiger partial charge in [-0.3, -0.25) is 9.97 Å². The number of pyridine rings is 2. The largest absolute Gasteiger partial charge is 0.496 e. The van der Waals surface area contributed by atoms with Gasteiger partial charge >= 0.3 is 6.18 Å². The minimum atomic E-state index is -4.58. The van der Waals surface area contributed by atoms with E-state index in [9.17, 15) is 13.2 Å². The Kier molecular flexibility index (Phi) is 3.67. The zero-order valence-electron chi connectivity index (χ0n) is 12.5. The van der Waals surface area contributed by atoms with E-state index < -0.39 is 11.7 Å². The van der Waals surface area contributed by atoms with Crippen molar-refractivity contribution in [3.8, 4) is 17.0 Å². The first-order chi connectivity index (χ1) is 10.9. The maximum atomic E-state index is 13.5. The number of fused-ring (bicyclic) bond motifs is 1. The second-order valence-electron chi connectivity index (χ2n) is 5.06. The Morgan fingerprint density at radius 2 is 1.78 bits per heavy atom. The van der Waals surface area contributed by atoms with Crippen molar-refractivity contribution in [2.24, 2.45) is 0 Å². The second kappa shape index (κ2) is 5.53. The molecule has 0 fully saturated rings. The molecule has 0 aliphatic heterocycles. The van der Waals surface area contributed by atoms with E-state index >= 15 is 0 Å². The predicted molar refractivity (Wildman–Crippen MR) is 81.3 cm³/mol. The standard InChI is InChI=1S/C17H13F3N2O/c1-10-5-6-12(15-11(10)4-3-8-21-15)16-14(17(18,19)20)13(23-2)7-9-22-16/h3-9H,1-2H3. The smallest absolute Gasteiger partial charge is 0.422 e. The highest BCUT2D eigenvalue weighted by molar-refractivity contribution is 5.95. The summed E-state index contributed by atoms with van der Waals surface area (Å²) in [5, 5.41) is 0.794. The Labute approximate surface area is 130 Å². The highest BCUT2D eigenvalue weighted by Gasteiger charge is 2.38. The number of nitrogens with zero attached hydrogens (tertiary/aromatic N) is 2. The number of hydrogen-bond acceptors (Lipinski definition) is 3. The summed E-state index contributed by atoms with van der Waals surface area (Å²) in [6.45, 7) is 1.89. The summed E-state index contributed by atoms with van der Waals surface area (Å²) in [6.07, 6.45) is -1.72. The molecule has 0 saturated heterocycles. The van der Waals surface area contributed by atoms with Gasteiger partial charge in [-0.2, -0.15) is 13.2 Å². The van der Waals surface area contributed by atoms with Crippen LogP contribution in [0.1, 0.15) is 11.1 Å². The lowest BCUT2D eigenvalue weighted by Crippen LogP contribution is -2.11. The van der Waals surface area contributed by atoms with Crippen LogP contribution in [-0.2, 0) is 6.18 Å². The topological polar surface area (TPSA) is 35.0 Å². The number of hydrogen-bond donors (Lipinski definition) is 0. The summed E-state index contributed by atoms with van der Waals surface area (Å²) >= 11 is 0. The Balaban J connectivity index is 2.39. The summed E-state index contributed by atoms with van der Waals surface area (Å²) < 4.78 is 45.5. The molecule has 0 N–H and O–H groups in total. The van der Waals surface area contributed by atoms with E-state index in [0.29, 0.717) is 11.1 Å². The van der Waals surface area contributed by atoms with Crippen LogP contribution in [-0.4, -0.2) is 17.1 Å². The molecule has 0 aliphatic carbocycles. The molecule has 6 heteroatoms. The lowest BCUT2D eigenvalue weighted by Gasteiger charge is -2.16. The molecule has 0 radical (unpaired) electrons. The number of rotatable bonds is 2. The van der Waals surface area contributed by atoms with Crippen molar-refractivity contribution >= 4 is 10.9 Å². The van der Waals surface area contributed by atoms with Crippen LogP contribution in [0, 0.1) is 6.92 Å². The fourth-order valence-corrected chi connectivity index (χ4v) is 2.60. The van der Waals surface area contributed by atoms with Gasteiger partial charge in [-0.05, 0) is 24.6 Å². The Morgan fingerprint density at radius 1 is 1.00 bits per heavy atom. The van der Waals surface area contributed by atoms with Crippen molar-refractivity contribution in [3.05, 3.63) is 53.9 Å². The molecule has 2 aromatic heterocycles. The molecular formula is C17H13F3N2O. The highest BCUT2D eigenvalue weighted by atomic mass is 19.4. The van der Waals surface area contributed by atoms with Gasteiger partial charge < -0.3 is 4.74 Å². The summed E-state index contributed by atoms with van der Waals surface area (Å²) in [6, 6.07) is 8.16. The summed E-state index contributed by atoms with van der Waals surface area (Å²) in [5.74, 6) is -0.257. The molecule has 3 rings (SSSR count). The number of aryl methyl sites for hydroxylation is 1. The van der Waals surface area contributed by atoms with Gasteiger partial charge in [0.15, 0.2) is 0 Å². The van der Waals surface area contributed by atoms with E-state index in [1.54, 1.807) is 24.4 Å². The fraction of sp³-hybridized carbons (Fsp3) is 0.176. The molecular weight excluding hydrogens is 305 g/mol. The normalized spacial score (nSPS) is 11.7. The van der Waals surface area contributed by atoms with Crippen molar-refractivity contribution in [3.63, 3.8) is 0 Å². The van der Waals surface area contributed by atoms with Crippen LogP contribution < -0.4 is 4.74 Å². The fourth-order valence-electron chi connectivity index (χ4n) is 2.60. The first kappa shape index (κ1) is 15.3. The predicted octanol–water partition coefficient (Wildman–Crippen LogP) is 4.63. The van der Waals surface area contributed by atoms with Gasteiger partial charge in [0.1, 0.15) is 11.3 Å². The molecule has 0 amide bonds. The van der Waals surface area contributed by atoms with Gasteiger partial charge in [-0.15, -0.1) is 0 Å². The average Bonchev–Trinajstić information content (AvgIpc) is 2.54. The molecule has 0 spiro atoms. The zero-order chi connectivity index (χ0) is 16.6. The molecule has 1 aromatic carbocycles. The summed E-state index contributed by atoms with van der Waals surface area (Å²) in [5.41, 5.74) is 0.684. The van der Waals surface area contributed by atoms with Crippen molar-refractivity contribution in [2.75, 3.05) is 7.11 Å². The van der Waals surface area contributed by atoms with Crippen LogP contribution in [0.3, 0.4) is 0 Å². The minimum absolute atomic E-state index is 0.180. The van der Waals surface area contributed by atoms with Gasteiger partial charge in [0.05, 0.1) is 18.3 Å². The quantitative estimate of drug-likeness (QED) is 0.691. The Morgan fingerprint density at radius 3 is 2.48 bits per heavy atom. The number of halogens is 3. The van der Waals surface area contributed by atoms with Gasteiger partial charge in [0.25, 0.3) is 0 Å². The Bertz CT molecular complexity index is 875. The van der Waals surface area contributed by atoms with E-state index in [1.165, 1.54) is 19.4 Å². The van der Waals surface area contributed by atoms with Gasteiger partial charge in [-0.25, -0.2) is 0 Å². The van der Waals surface area contributed by atoms with Gasteiger partial charge in [0.2, 0.25) is 0 Å². The molecule has 2 heterocycles. The average molecular weight is 318 g/mol. The molecule has 0 aliphatic rings. The first-order valence-corrected chi connectivity index (χ1v) is 6.88. The Hall–Kier alpha value is -2.63. The van der Waals surface area contributed by atoms with E-state index in [0.717, 1.165) is 10.9 Å². The van der Waals surface area contributed by atoms with E-state index in [1.807, 2.05) is 13.0 Å². The van der Waals surface area contributed by atoms with Crippen molar-refractivity contribution < 1.29 is 17.9 Å². The van der Waals surface area contributed by atoms with E-state index in [2.05, 4.69) is 9.97 Å². The van der Waals surface area contributed by atoms with Crippen LogP contribution >= 0.6 is 0 Å². The summed E-state index contributed by atoms with van der Waals surface area (Å²) in [7, 11) is 1.21. The lowest BCUT2D eigenvalue weighted by atomic mass is 9.99. The van der Waals surface area contributed by atoms with Crippen LogP contribution in [0.15, 0.2) is 42.7 Å². The summed E-state index contributed by atoms with van der Waals surface area (Å²) in [4.78, 5) is 8.21. The van der Waals surface area contributed by atoms with Gasteiger partial charge in [-0.1, -0.05) is 18.2 Å². The van der Waals surface area contributed by atoms with Crippen LogP contribution in [0.25, 0.3) is 22.2 Å². The van der Waals surface area contributed by atoms with Crippen LogP contribution in [0.4, 0.5) is 13.2 Å². The third kappa shape index (κ3) is 2.60. The maximum absolute atomic E-state index is 13.5. The van der Waals surface area contributed by atoms with E-state index in [-0.39, 0.29) is 11.4 Å². The lowest BCUT2D eigenvalue weighted by molar-refractivity contribution is -0.138. The molecule has 23 heavy (non-hydrogen) atoms. The third-order valence-corrected chi connectivity index (χ3v) is 3.66. The minimum Gasteiger partial charge on any atom is -0.496 e. The number of methoxy groups -OCH3 is 1. The molecule has 3 nitrogen and oxygen atoms in total. The number of ether oxygens (including phenoxy) is 1. The molecule has 0 bridgehead atoms. The molecule has 118 valence electrons. The molecule has 0 atom stereocenters. The van der Waals surface area contributed by atoms with E-state index in [4.69, 9.17) is 4.74 Å². The maximum Gasteiger partial charge on any atom is 0.422 e. The van der Waals surface area contributed by atoms with Crippen molar-refractivity contribution in [1.29, 1.82) is 0 Å². The highest BCUT2D eigenvalue weighted by Crippen LogP contribution is 2.43. The number of alkyl halides is 3. The second-order valence-corrected chi connectivity index (χ2v) is 5.06. The van der Waals surface area contributed by atoms with Crippen LogP contribution in [0.2, 0.25) is 0 Å². The number of aromatic nitrogens is 2. The van der Waals surface area contributed by atoms with Gasteiger partial charge in [0, 0.05) is 23.3 Å². The number of benzene rings is 1. The third-order valence-electron chi connectivity index (χ3n) is 3.66. The monoisotopic (exact) mass is 318 g/mol. The zero-order valence-corrected chi connectivity index (χ0v) is 12.5. The molecule has 0 saturated carbocycles. The van der Waals surface area contributed by atoms with Crippen molar-refractivity contribution in [1.82, 2.24) is 9.97 Å². The molecule has 3 aromatic rings. The van der Waals surface area contributed by atoms with Crippen molar-refractivity contribution in [2.45, 2.75) is 13.1 Å². The molecule has 0 unspecified atom stereocenters.